The van der Waals surface area contributed by atoms with Crippen LogP contribution in [-0.2, 0) is 0 Å². The van der Waals surface area contributed by atoms with Crippen LogP contribution in [-0.4, -0.2) is 19.6 Å². The lowest BCUT2D eigenvalue weighted by Gasteiger charge is -2.13. The first-order chi connectivity index (χ1) is 30.7. The van der Waals surface area contributed by atoms with Crippen molar-refractivity contribution >= 4 is 47.8 Å². The molecule has 0 saturated carbocycles. The number of fused-ring (bicyclic) bond motifs is 6. The summed E-state index contributed by atoms with van der Waals surface area (Å²) in [4.78, 5) is 10.5. The molecular weight excluding hydrogens is 773 g/mol. The number of nitrogens with zero attached hydrogens (tertiary/aromatic N) is 4. The first-order valence-electron chi connectivity index (χ1n) is 20.8. The highest BCUT2D eigenvalue weighted by Gasteiger charge is 2.22. The van der Waals surface area contributed by atoms with E-state index in [1.807, 2.05) is 29.5 Å². The van der Waals surface area contributed by atoms with Gasteiger partial charge in [-0.25, -0.2) is 14.5 Å². The zero-order valence-electron chi connectivity index (χ0n) is 33.5. The molecule has 12 aromatic rings. The zero-order chi connectivity index (χ0) is 41.0. The maximum Gasteiger partial charge on any atom is 0.160 e. The number of pyridine rings is 1. The van der Waals surface area contributed by atoms with Gasteiger partial charge in [-0.15, -0.1) is 11.3 Å². The maximum absolute atomic E-state index is 5.45. The van der Waals surface area contributed by atoms with E-state index in [1.165, 1.54) is 25.7 Å². The Bertz CT molecular complexity index is 3630. The number of aromatic nitrogens is 4. The van der Waals surface area contributed by atoms with Gasteiger partial charge < -0.3 is 0 Å². The second-order valence-electron chi connectivity index (χ2n) is 15.6. The summed E-state index contributed by atoms with van der Waals surface area (Å²) < 4.78 is 4.74. The van der Waals surface area contributed by atoms with Crippen molar-refractivity contribution < 1.29 is 0 Å². The van der Waals surface area contributed by atoms with Crippen LogP contribution in [0.5, 0.6) is 0 Å². The van der Waals surface area contributed by atoms with E-state index in [4.69, 9.17) is 15.1 Å². The van der Waals surface area contributed by atoms with Crippen LogP contribution in [0, 0.1) is 0 Å². The van der Waals surface area contributed by atoms with Gasteiger partial charge in [0.15, 0.2) is 5.82 Å². The van der Waals surface area contributed by atoms with Crippen molar-refractivity contribution in [3.8, 4) is 78.7 Å². The van der Waals surface area contributed by atoms with Gasteiger partial charge >= 0.3 is 0 Å². The summed E-state index contributed by atoms with van der Waals surface area (Å²) in [5.74, 6) is 0.681. The SMILES string of the molecule is c1ccc(-c2nc(-c3cccc(-c4ccc5c(c4)sc4ccccc45)c3)cc(-c3cccc(-c4c(-c5ccccc5)nn5c(-c6ccccc6)cc6ccccc6c45)c3)n2)cc1. The summed E-state index contributed by atoms with van der Waals surface area (Å²) in [6, 6.07) is 77.3. The van der Waals surface area contributed by atoms with Crippen LogP contribution in [0.2, 0.25) is 0 Å². The Morgan fingerprint density at radius 3 is 1.65 bits per heavy atom. The van der Waals surface area contributed by atoms with Gasteiger partial charge in [0.1, 0.15) is 5.69 Å². The third-order valence-corrected chi connectivity index (χ3v) is 12.9. The standard InChI is InChI=1S/C57H36N4S/c1-4-16-37(17-5-1)51-34-42-22-10-11-27-46(42)56-54(55(60-61(51)56)38-18-6-2-7-19-38)45-26-15-25-44(33-45)50-36-49(58-57(59-50)39-20-8-3-9-21-39)43-24-14-23-40(32-43)41-30-31-48-47-28-12-13-29-52(47)62-53(48)35-41/h1-36H. The molecule has 0 aliphatic carbocycles. The molecular formula is C57H36N4S. The molecule has 0 atom stereocenters. The van der Waals surface area contributed by atoms with Gasteiger partial charge in [0.2, 0.25) is 0 Å². The Morgan fingerprint density at radius 1 is 0.355 bits per heavy atom. The molecule has 0 radical (unpaired) electrons. The van der Waals surface area contributed by atoms with Crippen molar-refractivity contribution in [2.24, 2.45) is 0 Å². The number of thiophene rings is 1. The summed E-state index contributed by atoms with van der Waals surface area (Å²) >= 11 is 1.84. The number of benzene rings is 8. The van der Waals surface area contributed by atoms with Gasteiger partial charge in [0.05, 0.1) is 22.6 Å². The summed E-state index contributed by atoms with van der Waals surface area (Å²) in [6.07, 6.45) is 0. The molecule has 290 valence electrons. The maximum atomic E-state index is 5.45. The number of hydrogen-bond donors (Lipinski definition) is 0. The highest BCUT2D eigenvalue weighted by atomic mass is 32.1. The smallest absolute Gasteiger partial charge is 0.160 e. The minimum atomic E-state index is 0.681. The highest BCUT2D eigenvalue weighted by Crippen LogP contribution is 2.42. The van der Waals surface area contributed by atoms with Gasteiger partial charge in [0.25, 0.3) is 0 Å². The van der Waals surface area contributed by atoms with Crippen molar-refractivity contribution in [2.75, 3.05) is 0 Å². The lowest BCUT2D eigenvalue weighted by molar-refractivity contribution is 0.979. The predicted octanol–water partition coefficient (Wildman–Crippen LogP) is 15.3. The Hall–Kier alpha value is -7.99. The van der Waals surface area contributed by atoms with E-state index >= 15 is 0 Å². The molecule has 0 bridgehead atoms. The molecule has 4 aromatic heterocycles. The molecule has 0 N–H and O–H groups in total. The average Bonchev–Trinajstić information content (AvgIpc) is 3.94. The van der Waals surface area contributed by atoms with E-state index in [2.05, 4.69) is 205 Å². The molecule has 0 aliphatic heterocycles. The van der Waals surface area contributed by atoms with Gasteiger partial charge in [-0.2, -0.15) is 5.10 Å². The number of rotatable bonds is 7. The van der Waals surface area contributed by atoms with Crippen molar-refractivity contribution in [2.45, 2.75) is 0 Å². The molecule has 62 heavy (non-hydrogen) atoms. The monoisotopic (exact) mass is 808 g/mol. The van der Waals surface area contributed by atoms with Gasteiger partial charge in [-0.05, 0) is 58.5 Å². The van der Waals surface area contributed by atoms with E-state index in [9.17, 15) is 0 Å². The Morgan fingerprint density at radius 2 is 0.903 bits per heavy atom. The van der Waals surface area contributed by atoms with Crippen LogP contribution in [0.25, 0.3) is 115 Å². The minimum Gasteiger partial charge on any atom is -0.231 e. The number of hydrogen-bond acceptors (Lipinski definition) is 4. The van der Waals surface area contributed by atoms with Crippen LogP contribution in [0.1, 0.15) is 0 Å². The lowest BCUT2D eigenvalue weighted by atomic mass is 9.95. The molecule has 4 heterocycles. The minimum absolute atomic E-state index is 0.681. The van der Waals surface area contributed by atoms with E-state index < -0.39 is 0 Å². The zero-order valence-corrected chi connectivity index (χ0v) is 34.3. The van der Waals surface area contributed by atoms with Crippen molar-refractivity contribution in [3.05, 3.63) is 218 Å². The topological polar surface area (TPSA) is 43.1 Å². The molecule has 0 fully saturated rings. The predicted molar refractivity (Wildman–Crippen MR) is 259 cm³/mol. The largest absolute Gasteiger partial charge is 0.231 e. The first-order valence-corrected chi connectivity index (χ1v) is 21.7. The average molecular weight is 809 g/mol. The third kappa shape index (κ3) is 6.26. The molecule has 0 unspecified atom stereocenters. The second-order valence-corrected chi connectivity index (χ2v) is 16.7. The van der Waals surface area contributed by atoms with E-state index in [-0.39, 0.29) is 0 Å². The molecule has 0 spiro atoms. The van der Waals surface area contributed by atoms with Crippen molar-refractivity contribution in [1.29, 1.82) is 0 Å². The third-order valence-electron chi connectivity index (χ3n) is 11.8. The summed E-state index contributed by atoms with van der Waals surface area (Å²) in [6.45, 7) is 0. The fourth-order valence-electron chi connectivity index (χ4n) is 8.83. The van der Waals surface area contributed by atoms with Crippen LogP contribution in [0.15, 0.2) is 218 Å². The van der Waals surface area contributed by atoms with E-state index in [0.717, 1.165) is 83.6 Å². The van der Waals surface area contributed by atoms with Crippen molar-refractivity contribution in [1.82, 2.24) is 19.6 Å². The fourth-order valence-corrected chi connectivity index (χ4v) is 9.98. The van der Waals surface area contributed by atoms with Gasteiger partial charge in [0, 0.05) is 58.9 Å². The van der Waals surface area contributed by atoms with Crippen molar-refractivity contribution in [3.63, 3.8) is 0 Å². The molecule has 8 aromatic carbocycles. The summed E-state index contributed by atoms with van der Waals surface area (Å²) in [5, 5.41) is 10.4. The Balaban J connectivity index is 1.04. The molecule has 0 saturated heterocycles. The fraction of sp³-hybridized carbons (Fsp3) is 0. The first kappa shape index (κ1) is 35.9. The molecule has 12 rings (SSSR count). The van der Waals surface area contributed by atoms with E-state index in [0.29, 0.717) is 5.82 Å². The van der Waals surface area contributed by atoms with Crippen LogP contribution in [0.4, 0.5) is 0 Å². The highest BCUT2D eigenvalue weighted by molar-refractivity contribution is 7.25. The second kappa shape index (κ2) is 14.9. The van der Waals surface area contributed by atoms with Crippen LogP contribution >= 0.6 is 11.3 Å². The van der Waals surface area contributed by atoms with Gasteiger partial charge in [-0.3, -0.25) is 0 Å². The lowest BCUT2D eigenvalue weighted by Crippen LogP contribution is -1.96. The normalized spacial score (nSPS) is 11.5. The molecule has 0 amide bonds. The quantitative estimate of drug-likeness (QED) is 0.161. The molecule has 5 heteroatoms. The summed E-state index contributed by atoms with van der Waals surface area (Å²) in [7, 11) is 0. The molecule has 0 aliphatic rings. The van der Waals surface area contributed by atoms with Crippen LogP contribution in [0.3, 0.4) is 0 Å². The Kier molecular flexibility index (Phi) is 8.65. The Labute approximate surface area is 362 Å². The van der Waals surface area contributed by atoms with Crippen LogP contribution < -0.4 is 0 Å². The van der Waals surface area contributed by atoms with Gasteiger partial charge in [-0.1, -0.05) is 182 Å². The summed E-state index contributed by atoms with van der Waals surface area (Å²) in [5.41, 5.74) is 14.4. The molecule has 4 nitrogen and oxygen atoms in total. The van der Waals surface area contributed by atoms with E-state index in [1.54, 1.807) is 0 Å².